The van der Waals surface area contributed by atoms with Crippen LogP contribution in [0.25, 0.3) is 0 Å². The van der Waals surface area contributed by atoms with Crippen LogP contribution in [0.3, 0.4) is 0 Å². The zero-order chi connectivity index (χ0) is 23.6. The molecule has 3 aromatic rings. The van der Waals surface area contributed by atoms with Crippen LogP contribution in [0.15, 0.2) is 91.0 Å². The van der Waals surface area contributed by atoms with Crippen LogP contribution in [0.4, 0.5) is 0 Å². The molecule has 0 aromatic heterocycles. The lowest BCUT2D eigenvalue weighted by atomic mass is 9.84. The Kier molecular flexibility index (Phi) is 8.63. The third-order valence-electron chi connectivity index (χ3n) is 6.15. The molecular weight excluding hydrogens is 444 g/mol. The van der Waals surface area contributed by atoms with E-state index in [0.717, 1.165) is 42.9 Å². The SMILES string of the molecule is CCO[Si](CCC1CCC(O)C(Oc2ccccc2)C1)(Oc1ccccc1)Oc1ccccc1. The van der Waals surface area contributed by atoms with Crippen LogP contribution < -0.4 is 13.6 Å². The Morgan fingerprint density at radius 3 is 1.82 bits per heavy atom. The molecule has 3 unspecified atom stereocenters. The highest BCUT2D eigenvalue weighted by molar-refractivity contribution is 6.62. The highest BCUT2D eigenvalue weighted by atomic mass is 28.4. The van der Waals surface area contributed by atoms with Crippen molar-refractivity contribution < 1.29 is 23.1 Å². The van der Waals surface area contributed by atoms with Crippen molar-refractivity contribution in [3.8, 4) is 17.2 Å². The van der Waals surface area contributed by atoms with Crippen molar-refractivity contribution in [1.29, 1.82) is 0 Å². The van der Waals surface area contributed by atoms with E-state index in [1.165, 1.54) is 0 Å². The molecule has 1 N–H and O–H groups in total. The molecule has 0 bridgehead atoms. The molecular formula is C28H34O5Si. The average Bonchev–Trinajstić information content (AvgIpc) is 2.87. The predicted molar refractivity (Wildman–Crippen MR) is 135 cm³/mol. The molecule has 0 aliphatic heterocycles. The molecule has 0 spiro atoms. The second-order valence-electron chi connectivity index (χ2n) is 8.70. The van der Waals surface area contributed by atoms with Gasteiger partial charge in [0.15, 0.2) is 0 Å². The Morgan fingerprint density at radius 1 is 0.765 bits per heavy atom. The Hall–Kier alpha value is -2.80. The first-order chi connectivity index (χ1) is 16.7. The lowest BCUT2D eigenvalue weighted by Crippen LogP contribution is -2.52. The highest BCUT2D eigenvalue weighted by Gasteiger charge is 2.47. The molecule has 1 fully saturated rings. The van der Waals surface area contributed by atoms with E-state index in [1.807, 2.05) is 97.9 Å². The fraction of sp³-hybridized carbons (Fsp3) is 0.357. The Labute approximate surface area is 203 Å². The van der Waals surface area contributed by atoms with Crippen molar-refractivity contribution in [2.75, 3.05) is 6.61 Å². The first-order valence-electron chi connectivity index (χ1n) is 12.2. The number of aliphatic hydroxyl groups excluding tert-OH is 1. The molecule has 5 nitrogen and oxygen atoms in total. The van der Waals surface area contributed by atoms with E-state index in [1.54, 1.807) is 0 Å². The number of hydrogen-bond acceptors (Lipinski definition) is 5. The van der Waals surface area contributed by atoms with Gasteiger partial charge in [0.25, 0.3) is 0 Å². The van der Waals surface area contributed by atoms with Crippen molar-refractivity contribution in [1.82, 2.24) is 0 Å². The van der Waals surface area contributed by atoms with Crippen molar-refractivity contribution in [3.63, 3.8) is 0 Å². The van der Waals surface area contributed by atoms with Crippen LogP contribution >= 0.6 is 0 Å². The first kappa shape index (κ1) is 24.3. The number of benzene rings is 3. The lowest BCUT2D eigenvalue weighted by Gasteiger charge is -2.35. The summed E-state index contributed by atoms with van der Waals surface area (Å²) < 4.78 is 25.4. The van der Waals surface area contributed by atoms with Crippen molar-refractivity contribution in [2.45, 2.75) is 50.9 Å². The molecule has 1 saturated carbocycles. The summed E-state index contributed by atoms with van der Waals surface area (Å²) in [6.07, 6.45) is 2.69. The summed E-state index contributed by atoms with van der Waals surface area (Å²) in [6.45, 7) is 2.49. The molecule has 34 heavy (non-hydrogen) atoms. The van der Waals surface area contributed by atoms with Gasteiger partial charge >= 0.3 is 8.80 Å². The van der Waals surface area contributed by atoms with Crippen LogP contribution in [0.5, 0.6) is 17.2 Å². The first-order valence-corrected chi connectivity index (χ1v) is 14.1. The lowest BCUT2D eigenvalue weighted by molar-refractivity contribution is -0.0114. The van der Waals surface area contributed by atoms with Crippen LogP contribution in [0.2, 0.25) is 6.04 Å². The second-order valence-corrected chi connectivity index (χ2v) is 11.3. The van der Waals surface area contributed by atoms with Gasteiger partial charge in [-0.05, 0) is 74.9 Å². The van der Waals surface area contributed by atoms with Crippen LogP contribution in [-0.4, -0.2) is 32.7 Å². The molecule has 0 saturated heterocycles. The van der Waals surface area contributed by atoms with E-state index in [9.17, 15) is 5.11 Å². The van der Waals surface area contributed by atoms with Gasteiger partial charge in [0.1, 0.15) is 23.4 Å². The largest absolute Gasteiger partial charge is 0.632 e. The van der Waals surface area contributed by atoms with Gasteiger partial charge in [-0.1, -0.05) is 54.6 Å². The summed E-state index contributed by atoms with van der Waals surface area (Å²) in [7, 11) is -3.08. The summed E-state index contributed by atoms with van der Waals surface area (Å²) in [5.74, 6) is 2.69. The monoisotopic (exact) mass is 478 g/mol. The number of ether oxygens (including phenoxy) is 1. The van der Waals surface area contributed by atoms with Gasteiger partial charge in [0.05, 0.1) is 6.10 Å². The summed E-state index contributed by atoms with van der Waals surface area (Å²) in [4.78, 5) is 0. The third kappa shape index (κ3) is 6.85. The van der Waals surface area contributed by atoms with E-state index in [4.69, 9.17) is 18.0 Å². The zero-order valence-corrected chi connectivity index (χ0v) is 20.7. The van der Waals surface area contributed by atoms with E-state index in [-0.39, 0.29) is 6.10 Å². The van der Waals surface area contributed by atoms with Crippen LogP contribution in [-0.2, 0) is 4.43 Å². The van der Waals surface area contributed by atoms with Gasteiger partial charge in [-0.3, -0.25) is 0 Å². The van der Waals surface area contributed by atoms with E-state index < -0.39 is 14.9 Å². The highest BCUT2D eigenvalue weighted by Crippen LogP contribution is 2.34. The number of para-hydroxylation sites is 3. The minimum Gasteiger partial charge on any atom is -0.492 e. The van der Waals surface area contributed by atoms with E-state index >= 15 is 0 Å². The van der Waals surface area contributed by atoms with Crippen LogP contribution in [0, 0.1) is 5.92 Å². The molecule has 180 valence electrons. The quantitative estimate of drug-likeness (QED) is 0.337. The summed E-state index contributed by atoms with van der Waals surface area (Å²) in [6, 6.07) is 29.9. The fourth-order valence-corrected chi connectivity index (χ4v) is 7.15. The number of rotatable bonds is 11. The Bertz CT molecular complexity index is 928. The zero-order valence-electron chi connectivity index (χ0n) is 19.7. The smallest absolute Gasteiger partial charge is 0.492 e. The summed E-state index contributed by atoms with van der Waals surface area (Å²) >= 11 is 0. The average molecular weight is 479 g/mol. The molecule has 1 aliphatic rings. The molecule has 3 atom stereocenters. The standard InChI is InChI=1S/C28H34O5Si/c1-2-30-34(32-25-14-8-4-9-15-25,33-26-16-10-5-11-17-26)21-20-23-18-19-27(29)28(22-23)31-24-12-6-3-7-13-24/h3-17,23,27-29H,2,18-22H2,1H3. The van der Waals surface area contributed by atoms with Crippen LogP contribution in [0.1, 0.15) is 32.6 Å². The number of hydrogen-bond donors (Lipinski definition) is 1. The molecule has 4 rings (SSSR count). The maximum absolute atomic E-state index is 10.6. The second kappa shape index (κ2) is 12.1. The molecule has 3 aromatic carbocycles. The van der Waals surface area contributed by atoms with Gasteiger partial charge < -0.3 is 23.1 Å². The van der Waals surface area contributed by atoms with Gasteiger partial charge in [0.2, 0.25) is 0 Å². The van der Waals surface area contributed by atoms with Gasteiger partial charge in [-0.15, -0.1) is 0 Å². The Morgan fingerprint density at radius 2 is 1.29 bits per heavy atom. The van der Waals surface area contributed by atoms with Crippen molar-refractivity contribution in [2.24, 2.45) is 5.92 Å². The fourth-order valence-electron chi connectivity index (χ4n) is 4.45. The summed E-state index contributed by atoms with van der Waals surface area (Å²) in [5, 5.41) is 10.6. The molecule has 1 aliphatic carbocycles. The minimum atomic E-state index is -3.08. The van der Waals surface area contributed by atoms with Gasteiger partial charge in [-0.2, -0.15) is 0 Å². The van der Waals surface area contributed by atoms with Crippen molar-refractivity contribution in [3.05, 3.63) is 91.0 Å². The molecule has 0 radical (unpaired) electrons. The topological polar surface area (TPSA) is 57.2 Å². The molecule has 0 amide bonds. The van der Waals surface area contributed by atoms with Gasteiger partial charge in [0, 0.05) is 12.7 Å². The van der Waals surface area contributed by atoms with Gasteiger partial charge in [-0.25, -0.2) is 0 Å². The predicted octanol–water partition coefficient (Wildman–Crippen LogP) is 6.12. The molecule has 0 heterocycles. The van der Waals surface area contributed by atoms with E-state index in [0.29, 0.717) is 18.6 Å². The summed E-state index contributed by atoms with van der Waals surface area (Å²) in [5.41, 5.74) is 0. The number of aliphatic hydroxyl groups is 1. The Balaban J connectivity index is 1.47. The third-order valence-corrected chi connectivity index (χ3v) is 8.88. The van der Waals surface area contributed by atoms with E-state index in [2.05, 4.69) is 0 Å². The molecule has 6 heteroatoms. The van der Waals surface area contributed by atoms with Crippen molar-refractivity contribution >= 4 is 8.80 Å². The maximum atomic E-state index is 10.6. The normalized spacial score (nSPS) is 20.5. The maximum Gasteiger partial charge on any atom is 0.632 e. The minimum absolute atomic E-state index is 0.214.